The quantitative estimate of drug-likeness (QED) is 0.518. The summed E-state index contributed by atoms with van der Waals surface area (Å²) in [6, 6.07) is 11.1. The van der Waals surface area contributed by atoms with E-state index in [1.54, 1.807) is 22.4 Å². The summed E-state index contributed by atoms with van der Waals surface area (Å²) in [5.74, 6) is -1.06. The molecule has 8 heteroatoms. The number of nitrogens with one attached hydrogen (secondary N) is 1. The second kappa shape index (κ2) is 10.4. The van der Waals surface area contributed by atoms with Crippen LogP contribution in [0.1, 0.15) is 45.2 Å². The number of carbonyl (C=O) groups is 3. The van der Waals surface area contributed by atoms with Crippen LogP contribution in [-0.2, 0) is 20.9 Å². The lowest BCUT2D eigenvalue weighted by Crippen LogP contribution is -2.30. The Kier molecular flexibility index (Phi) is 7.60. The van der Waals surface area contributed by atoms with E-state index < -0.39 is 5.97 Å². The van der Waals surface area contributed by atoms with Gasteiger partial charge in [-0.25, -0.2) is 4.98 Å². The van der Waals surface area contributed by atoms with Gasteiger partial charge in [0.2, 0.25) is 5.91 Å². The minimum Gasteiger partial charge on any atom is -0.458 e. The molecule has 3 rings (SSSR count). The van der Waals surface area contributed by atoms with Gasteiger partial charge < -0.3 is 10.1 Å². The Morgan fingerprint density at radius 3 is 2.48 bits per heavy atom. The van der Waals surface area contributed by atoms with Crippen LogP contribution in [0.5, 0.6) is 0 Å². The molecule has 0 bridgehead atoms. The first-order chi connectivity index (χ1) is 15.7. The van der Waals surface area contributed by atoms with Crippen LogP contribution in [0.3, 0.4) is 0 Å². The Morgan fingerprint density at radius 2 is 1.79 bits per heavy atom. The molecule has 2 aromatic carbocycles. The number of esters is 1. The molecule has 0 fully saturated rings. The highest BCUT2D eigenvalue weighted by Crippen LogP contribution is 2.32. The van der Waals surface area contributed by atoms with E-state index in [0.29, 0.717) is 16.4 Å². The number of amides is 2. The van der Waals surface area contributed by atoms with Crippen LogP contribution in [0, 0.1) is 27.7 Å². The molecule has 0 saturated heterocycles. The van der Waals surface area contributed by atoms with Crippen molar-refractivity contribution in [2.75, 3.05) is 11.4 Å². The molecule has 1 aromatic heterocycles. The number of hydrogen-bond donors (Lipinski definition) is 1. The molecular formula is C25H27N3O4S. The normalized spacial score (nSPS) is 10.6. The minimum absolute atomic E-state index is 0.0482. The van der Waals surface area contributed by atoms with Crippen molar-refractivity contribution < 1.29 is 19.1 Å². The van der Waals surface area contributed by atoms with Gasteiger partial charge in [-0.15, -0.1) is 11.3 Å². The molecule has 1 N–H and O–H groups in total. The smallest absolute Gasteiger partial charge is 0.325 e. The zero-order valence-corrected chi connectivity index (χ0v) is 20.2. The van der Waals surface area contributed by atoms with Crippen LogP contribution in [-0.4, -0.2) is 29.3 Å². The molecule has 1 heterocycles. The highest BCUT2D eigenvalue weighted by Gasteiger charge is 2.20. The third kappa shape index (κ3) is 5.84. The Hall–Kier alpha value is -3.52. The van der Waals surface area contributed by atoms with E-state index in [4.69, 9.17) is 4.74 Å². The number of hydrogen-bond acceptors (Lipinski definition) is 6. The van der Waals surface area contributed by atoms with Crippen molar-refractivity contribution in [3.8, 4) is 0 Å². The lowest BCUT2D eigenvalue weighted by atomic mass is 10.1. The topological polar surface area (TPSA) is 88.6 Å². The van der Waals surface area contributed by atoms with Gasteiger partial charge in [0.15, 0.2) is 5.13 Å². The predicted octanol–water partition coefficient (Wildman–Crippen LogP) is 4.53. The first-order valence-corrected chi connectivity index (χ1v) is 11.4. The van der Waals surface area contributed by atoms with Gasteiger partial charge in [-0.3, -0.25) is 19.3 Å². The number of nitrogens with zero attached hydrogens (tertiary/aromatic N) is 2. The number of carbonyl (C=O) groups excluding carboxylic acids is 3. The van der Waals surface area contributed by atoms with Gasteiger partial charge in [-0.05, 0) is 68.1 Å². The molecule has 0 radical (unpaired) electrons. The molecule has 2 amide bonds. The van der Waals surface area contributed by atoms with Gasteiger partial charge in [0.25, 0.3) is 5.91 Å². The molecule has 0 unspecified atom stereocenters. The number of benzene rings is 2. The molecule has 3 aromatic rings. The van der Waals surface area contributed by atoms with Gasteiger partial charge in [0, 0.05) is 17.9 Å². The van der Waals surface area contributed by atoms with Crippen molar-refractivity contribution in [1.82, 2.24) is 10.3 Å². The van der Waals surface area contributed by atoms with Crippen molar-refractivity contribution in [3.05, 3.63) is 75.3 Å². The monoisotopic (exact) mass is 465 g/mol. The van der Waals surface area contributed by atoms with Crippen molar-refractivity contribution in [1.29, 1.82) is 0 Å². The highest BCUT2D eigenvalue weighted by molar-refractivity contribution is 7.14. The third-order valence-corrected chi connectivity index (χ3v) is 6.28. The highest BCUT2D eigenvalue weighted by atomic mass is 32.1. The fraction of sp³-hybridized carbons (Fsp3) is 0.280. The molecular weight excluding hydrogens is 438 g/mol. The number of anilines is 2. The van der Waals surface area contributed by atoms with Crippen LogP contribution < -0.4 is 10.2 Å². The third-order valence-electron chi connectivity index (χ3n) is 5.41. The van der Waals surface area contributed by atoms with E-state index in [1.807, 2.05) is 52.0 Å². The number of ether oxygens (including phenoxy) is 1. The molecule has 172 valence electrons. The van der Waals surface area contributed by atoms with Gasteiger partial charge >= 0.3 is 5.97 Å². The standard InChI is InChI=1S/C25H27N3O4S/c1-15-9-10-20(11-17(15)3)24(31)26-12-23(30)32-13-21-14-33-25(27-21)28(19(5)29)22-8-6-7-16(2)18(22)4/h6-11,14H,12-13H2,1-5H3,(H,26,31). The van der Waals surface area contributed by atoms with Crippen molar-refractivity contribution in [2.24, 2.45) is 0 Å². The molecule has 0 aliphatic heterocycles. The summed E-state index contributed by atoms with van der Waals surface area (Å²) in [5, 5.41) is 4.82. The van der Waals surface area contributed by atoms with E-state index >= 15 is 0 Å². The van der Waals surface area contributed by atoms with Crippen molar-refractivity contribution in [3.63, 3.8) is 0 Å². The fourth-order valence-electron chi connectivity index (χ4n) is 3.19. The van der Waals surface area contributed by atoms with Gasteiger partial charge in [0.1, 0.15) is 13.2 Å². The van der Waals surface area contributed by atoms with Gasteiger partial charge in [0.05, 0.1) is 11.4 Å². The van der Waals surface area contributed by atoms with E-state index in [-0.39, 0.29) is 25.0 Å². The van der Waals surface area contributed by atoms with Crippen LogP contribution in [0.25, 0.3) is 0 Å². The zero-order valence-electron chi connectivity index (χ0n) is 19.4. The second-order valence-corrected chi connectivity index (χ2v) is 8.67. The van der Waals surface area contributed by atoms with Crippen LogP contribution in [0.4, 0.5) is 10.8 Å². The van der Waals surface area contributed by atoms with E-state index in [0.717, 1.165) is 27.9 Å². The van der Waals surface area contributed by atoms with Crippen molar-refractivity contribution >= 4 is 39.9 Å². The molecule has 33 heavy (non-hydrogen) atoms. The van der Waals surface area contributed by atoms with Crippen LogP contribution in [0.2, 0.25) is 0 Å². The SMILES string of the molecule is CC(=O)N(c1nc(COC(=O)CNC(=O)c2ccc(C)c(C)c2)cs1)c1cccc(C)c1C. The summed E-state index contributed by atoms with van der Waals surface area (Å²) in [5.41, 5.74) is 5.96. The summed E-state index contributed by atoms with van der Waals surface area (Å²) in [7, 11) is 0. The Balaban J connectivity index is 1.59. The average Bonchev–Trinajstić information content (AvgIpc) is 3.23. The number of aryl methyl sites for hydroxylation is 3. The summed E-state index contributed by atoms with van der Waals surface area (Å²) in [6.45, 7) is 9.04. The van der Waals surface area contributed by atoms with E-state index in [2.05, 4.69) is 10.3 Å². The maximum atomic E-state index is 12.4. The van der Waals surface area contributed by atoms with Crippen molar-refractivity contribution in [2.45, 2.75) is 41.2 Å². The molecule has 0 saturated carbocycles. The Labute approximate surface area is 197 Å². The molecule has 0 atom stereocenters. The maximum absolute atomic E-state index is 12.4. The number of rotatable bonds is 7. The van der Waals surface area contributed by atoms with Gasteiger partial charge in [-0.1, -0.05) is 18.2 Å². The Bertz CT molecular complexity index is 1200. The molecule has 0 spiro atoms. The lowest BCUT2D eigenvalue weighted by molar-refractivity contribution is -0.143. The number of aromatic nitrogens is 1. The fourth-order valence-corrected chi connectivity index (χ4v) is 4.06. The summed E-state index contributed by atoms with van der Waals surface area (Å²) >= 11 is 1.30. The summed E-state index contributed by atoms with van der Waals surface area (Å²) < 4.78 is 5.25. The summed E-state index contributed by atoms with van der Waals surface area (Å²) in [6.07, 6.45) is 0. The van der Waals surface area contributed by atoms with E-state index in [1.165, 1.54) is 18.3 Å². The minimum atomic E-state index is -0.570. The predicted molar refractivity (Wildman–Crippen MR) is 129 cm³/mol. The first kappa shape index (κ1) is 24.1. The van der Waals surface area contributed by atoms with E-state index in [9.17, 15) is 14.4 Å². The summed E-state index contributed by atoms with van der Waals surface area (Å²) in [4.78, 5) is 42.7. The average molecular weight is 466 g/mol. The largest absolute Gasteiger partial charge is 0.458 e. The maximum Gasteiger partial charge on any atom is 0.325 e. The lowest BCUT2D eigenvalue weighted by Gasteiger charge is -2.21. The Morgan fingerprint density at radius 1 is 1.03 bits per heavy atom. The van der Waals surface area contributed by atoms with Gasteiger partial charge in [-0.2, -0.15) is 0 Å². The second-order valence-electron chi connectivity index (χ2n) is 7.84. The van der Waals surface area contributed by atoms with Crippen LogP contribution in [0.15, 0.2) is 41.8 Å². The molecule has 0 aliphatic rings. The molecule has 0 aliphatic carbocycles. The number of thiazole rings is 1. The first-order valence-electron chi connectivity index (χ1n) is 10.5. The molecule has 7 nitrogen and oxygen atoms in total. The van der Waals surface area contributed by atoms with Crippen LogP contribution >= 0.6 is 11.3 Å². The zero-order chi connectivity index (χ0) is 24.1.